The Morgan fingerprint density at radius 2 is 2.13 bits per heavy atom. The third-order valence-electron chi connectivity index (χ3n) is 3.92. The lowest BCUT2D eigenvalue weighted by atomic mass is 9.96. The summed E-state index contributed by atoms with van der Waals surface area (Å²) in [6, 6.07) is 9.27. The molecule has 0 radical (unpaired) electrons. The molecule has 6 nitrogen and oxygen atoms in total. The van der Waals surface area contributed by atoms with Gasteiger partial charge in [-0.2, -0.15) is 4.98 Å². The zero-order chi connectivity index (χ0) is 16.0. The average Bonchev–Trinajstić information content (AvgIpc) is 3.17. The maximum absolute atomic E-state index is 6.14. The molecule has 0 aliphatic carbocycles. The number of halogens is 2. The van der Waals surface area contributed by atoms with E-state index in [4.69, 9.17) is 33.4 Å². The van der Waals surface area contributed by atoms with Crippen LogP contribution in [0.3, 0.4) is 0 Å². The van der Waals surface area contributed by atoms with E-state index < -0.39 is 0 Å². The van der Waals surface area contributed by atoms with Crippen molar-refractivity contribution < 1.29 is 4.42 Å². The fourth-order valence-electron chi connectivity index (χ4n) is 2.86. The van der Waals surface area contributed by atoms with Gasteiger partial charge in [0, 0.05) is 6.42 Å². The molecule has 4 rings (SSSR count). The second kappa shape index (κ2) is 5.47. The van der Waals surface area contributed by atoms with Gasteiger partial charge in [-0.15, -0.1) is 5.10 Å². The molecule has 118 valence electrons. The maximum Gasteiger partial charge on any atom is 0.241 e. The zero-order valence-corrected chi connectivity index (χ0v) is 13.4. The minimum absolute atomic E-state index is 0.00373. The molecule has 0 amide bonds. The smallest absolute Gasteiger partial charge is 0.241 e. The first-order valence-corrected chi connectivity index (χ1v) is 7.84. The predicted octanol–water partition coefficient (Wildman–Crippen LogP) is 3.91. The topological polar surface area (TPSA) is 81.9 Å². The van der Waals surface area contributed by atoms with Crippen LogP contribution >= 0.6 is 23.2 Å². The van der Waals surface area contributed by atoms with E-state index in [9.17, 15) is 0 Å². The van der Waals surface area contributed by atoms with Gasteiger partial charge >= 0.3 is 0 Å². The number of hydrogen-bond donors (Lipinski definition) is 2. The Morgan fingerprint density at radius 3 is 2.87 bits per heavy atom. The third kappa shape index (κ3) is 2.54. The highest BCUT2D eigenvalue weighted by Crippen LogP contribution is 2.39. The van der Waals surface area contributed by atoms with Gasteiger partial charge in [0.05, 0.1) is 22.4 Å². The molecular formula is C15H13Cl2N5O. The second-order valence-corrected chi connectivity index (χ2v) is 6.19. The molecular weight excluding hydrogens is 337 g/mol. The van der Waals surface area contributed by atoms with E-state index in [0.29, 0.717) is 16.0 Å². The van der Waals surface area contributed by atoms with E-state index in [-0.39, 0.29) is 18.0 Å². The van der Waals surface area contributed by atoms with Crippen molar-refractivity contribution in [3.05, 3.63) is 58.0 Å². The molecule has 0 bridgehead atoms. The van der Waals surface area contributed by atoms with Crippen LogP contribution in [0.5, 0.6) is 0 Å². The normalized spacial score (nSPS) is 20.1. The summed E-state index contributed by atoms with van der Waals surface area (Å²) in [5.41, 5.74) is 6.77. The minimum atomic E-state index is -0.0921. The second-order valence-electron chi connectivity index (χ2n) is 5.38. The number of fused-ring (bicyclic) bond motifs is 1. The molecule has 2 atom stereocenters. The summed E-state index contributed by atoms with van der Waals surface area (Å²) in [7, 11) is 0. The molecule has 1 aromatic carbocycles. The van der Waals surface area contributed by atoms with Gasteiger partial charge in [0.1, 0.15) is 11.8 Å². The molecule has 0 fully saturated rings. The number of nitrogen functional groups attached to an aromatic ring is 1. The van der Waals surface area contributed by atoms with Gasteiger partial charge in [-0.3, -0.25) is 0 Å². The first-order valence-electron chi connectivity index (χ1n) is 7.08. The van der Waals surface area contributed by atoms with Crippen LogP contribution in [0, 0.1) is 0 Å². The van der Waals surface area contributed by atoms with Gasteiger partial charge in [-0.1, -0.05) is 29.3 Å². The molecule has 0 spiro atoms. The van der Waals surface area contributed by atoms with Gasteiger partial charge in [0.25, 0.3) is 0 Å². The van der Waals surface area contributed by atoms with Crippen LogP contribution < -0.4 is 11.1 Å². The van der Waals surface area contributed by atoms with Crippen LogP contribution in [0.4, 0.5) is 11.9 Å². The van der Waals surface area contributed by atoms with Crippen molar-refractivity contribution in [2.45, 2.75) is 18.5 Å². The summed E-state index contributed by atoms with van der Waals surface area (Å²) in [5.74, 6) is 1.63. The number of anilines is 2. The van der Waals surface area contributed by atoms with Crippen molar-refractivity contribution in [2.24, 2.45) is 0 Å². The highest BCUT2D eigenvalue weighted by molar-refractivity contribution is 6.42. The van der Waals surface area contributed by atoms with Crippen LogP contribution in [0.15, 0.2) is 41.0 Å². The molecule has 23 heavy (non-hydrogen) atoms. The van der Waals surface area contributed by atoms with Crippen LogP contribution in [-0.4, -0.2) is 14.8 Å². The Kier molecular flexibility index (Phi) is 3.43. The van der Waals surface area contributed by atoms with E-state index >= 15 is 0 Å². The highest BCUT2D eigenvalue weighted by Gasteiger charge is 2.32. The molecule has 1 aliphatic heterocycles. The first-order chi connectivity index (χ1) is 11.1. The van der Waals surface area contributed by atoms with Gasteiger partial charge in [-0.25, -0.2) is 4.68 Å². The molecule has 0 saturated carbocycles. The first kappa shape index (κ1) is 14.4. The van der Waals surface area contributed by atoms with Crippen LogP contribution in [-0.2, 0) is 0 Å². The molecule has 3 heterocycles. The lowest BCUT2D eigenvalue weighted by Gasteiger charge is -2.30. The summed E-state index contributed by atoms with van der Waals surface area (Å²) < 4.78 is 7.31. The zero-order valence-electron chi connectivity index (χ0n) is 11.9. The van der Waals surface area contributed by atoms with Crippen molar-refractivity contribution in [3.63, 3.8) is 0 Å². The lowest BCUT2D eigenvalue weighted by molar-refractivity contribution is 0.359. The fourth-order valence-corrected chi connectivity index (χ4v) is 3.17. The molecule has 0 unspecified atom stereocenters. The van der Waals surface area contributed by atoms with Crippen LogP contribution in [0.2, 0.25) is 10.0 Å². The Labute approximate surface area is 142 Å². The van der Waals surface area contributed by atoms with E-state index in [1.807, 2.05) is 24.3 Å². The predicted molar refractivity (Wildman–Crippen MR) is 88.7 cm³/mol. The van der Waals surface area contributed by atoms with Gasteiger partial charge in [0.15, 0.2) is 0 Å². The van der Waals surface area contributed by atoms with Crippen molar-refractivity contribution in [1.82, 2.24) is 14.8 Å². The Morgan fingerprint density at radius 1 is 1.26 bits per heavy atom. The summed E-state index contributed by atoms with van der Waals surface area (Å²) in [6.07, 6.45) is 2.37. The van der Waals surface area contributed by atoms with Gasteiger partial charge in [0.2, 0.25) is 11.9 Å². The summed E-state index contributed by atoms with van der Waals surface area (Å²) in [4.78, 5) is 4.24. The summed E-state index contributed by atoms with van der Waals surface area (Å²) >= 11 is 12.1. The SMILES string of the molecule is Nc1nc2n(n1)[C@@H](c1ccco1)C[C@H](c1ccc(Cl)c(Cl)c1)N2. The largest absolute Gasteiger partial charge is 0.467 e. The Bertz CT molecular complexity index is 846. The molecule has 3 N–H and O–H groups in total. The Balaban J connectivity index is 1.75. The molecule has 3 aromatic rings. The summed E-state index contributed by atoms with van der Waals surface area (Å²) in [6.45, 7) is 0. The molecule has 2 aromatic heterocycles. The van der Waals surface area contributed by atoms with Crippen molar-refractivity contribution in [1.29, 1.82) is 0 Å². The maximum atomic E-state index is 6.14. The van der Waals surface area contributed by atoms with Crippen molar-refractivity contribution in [3.8, 4) is 0 Å². The van der Waals surface area contributed by atoms with Crippen LogP contribution in [0.25, 0.3) is 0 Å². The number of hydrogen-bond acceptors (Lipinski definition) is 5. The number of benzene rings is 1. The number of nitrogens with zero attached hydrogens (tertiary/aromatic N) is 3. The Hall–Kier alpha value is -2.18. The van der Waals surface area contributed by atoms with Crippen LogP contribution in [0.1, 0.15) is 29.8 Å². The number of furan rings is 1. The highest BCUT2D eigenvalue weighted by atomic mass is 35.5. The van der Waals surface area contributed by atoms with E-state index in [1.165, 1.54) is 0 Å². The van der Waals surface area contributed by atoms with Gasteiger partial charge < -0.3 is 15.5 Å². The average molecular weight is 350 g/mol. The van der Waals surface area contributed by atoms with Crippen molar-refractivity contribution in [2.75, 3.05) is 11.1 Å². The van der Waals surface area contributed by atoms with Crippen molar-refractivity contribution >= 4 is 35.1 Å². The number of nitrogens with two attached hydrogens (primary N) is 1. The standard InChI is InChI=1S/C15H13Cl2N5O/c16-9-4-3-8(6-10(9)17)11-7-12(13-2-1-5-23-13)22-15(19-11)20-14(18)21-22/h1-6,11-12H,7H2,(H3,18,19,20,21)/t11-,12-/m1/s1. The van der Waals surface area contributed by atoms with E-state index in [0.717, 1.165) is 17.7 Å². The van der Waals surface area contributed by atoms with E-state index in [1.54, 1.807) is 17.0 Å². The molecule has 8 heteroatoms. The molecule has 0 saturated heterocycles. The number of aromatic nitrogens is 3. The third-order valence-corrected chi connectivity index (χ3v) is 4.66. The fraction of sp³-hybridized carbons (Fsp3) is 0.200. The minimum Gasteiger partial charge on any atom is -0.467 e. The van der Waals surface area contributed by atoms with Gasteiger partial charge in [-0.05, 0) is 29.8 Å². The molecule has 1 aliphatic rings. The lowest BCUT2D eigenvalue weighted by Crippen LogP contribution is -2.27. The number of nitrogens with one attached hydrogen (secondary N) is 1. The quantitative estimate of drug-likeness (QED) is 0.732. The summed E-state index contributed by atoms with van der Waals surface area (Å²) in [5, 5.41) is 8.65. The number of rotatable bonds is 2. The van der Waals surface area contributed by atoms with E-state index in [2.05, 4.69) is 15.4 Å². The monoisotopic (exact) mass is 349 g/mol.